The molecule has 1 aliphatic rings. The number of benzene rings is 2. The Kier molecular flexibility index (Phi) is 7.19. The van der Waals surface area contributed by atoms with E-state index in [0.29, 0.717) is 51.4 Å². The molecule has 0 saturated carbocycles. The second-order valence-corrected chi connectivity index (χ2v) is 7.09. The van der Waals surface area contributed by atoms with Crippen molar-refractivity contribution in [2.45, 2.75) is 6.92 Å². The van der Waals surface area contributed by atoms with Gasteiger partial charge in [0.05, 0.1) is 13.1 Å². The van der Waals surface area contributed by atoms with E-state index in [9.17, 15) is 14.0 Å². The van der Waals surface area contributed by atoms with Gasteiger partial charge in [0, 0.05) is 31.7 Å². The molecule has 1 saturated heterocycles. The van der Waals surface area contributed by atoms with Crippen LogP contribution in [0, 0.1) is 12.7 Å². The van der Waals surface area contributed by atoms with Gasteiger partial charge in [0.15, 0.2) is 0 Å². The lowest BCUT2D eigenvalue weighted by atomic mass is 10.2. The van der Waals surface area contributed by atoms with Gasteiger partial charge in [0.1, 0.15) is 18.2 Å². The molecule has 0 unspecified atom stereocenters. The van der Waals surface area contributed by atoms with E-state index in [1.807, 2.05) is 36.1 Å². The van der Waals surface area contributed by atoms with Gasteiger partial charge in [-0.2, -0.15) is 0 Å². The number of ether oxygens (including phenoxy) is 1. The summed E-state index contributed by atoms with van der Waals surface area (Å²) >= 11 is 0. The second kappa shape index (κ2) is 10.0. The van der Waals surface area contributed by atoms with Crippen molar-refractivity contribution in [3.05, 3.63) is 65.5 Å². The molecule has 2 aromatic rings. The number of aryl methyl sites for hydroxylation is 1. The Morgan fingerprint density at radius 3 is 2.48 bits per heavy atom. The average Bonchev–Trinajstić information content (AvgIpc) is 2.72. The Labute approximate surface area is 170 Å². The molecule has 1 N–H and O–H groups in total. The number of carbonyl (C=O) groups is 2. The Morgan fingerprint density at radius 2 is 1.79 bits per heavy atom. The number of piperazine rings is 1. The van der Waals surface area contributed by atoms with Gasteiger partial charge in [-0.05, 0) is 48.9 Å². The highest BCUT2D eigenvalue weighted by Crippen LogP contribution is 2.12. The molecule has 1 aliphatic heterocycles. The summed E-state index contributed by atoms with van der Waals surface area (Å²) < 4.78 is 18.6. The van der Waals surface area contributed by atoms with Crippen molar-refractivity contribution in [3.8, 4) is 5.75 Å². The smallest absolute Gasteiger partial charge is 0.253 e. The lowest BCUT2D eigenvalue weighted by Crippen LogP contribution is -2.51. The standard InChI is InChI=1S/C22H26FN3O3/c1-17-3-2-4-20(15-17)29-14-9-24-21(27)16-25-10-12-26(13-11-25)22(28)18-5-7-19(23)8-6-18/h2-8,15H,9-14,16H2,1H3,(H,24,27). The van der Waals surface area contributed by atoms with Crippen molar-refractivity contribution in [1.82, 2.24) is 15.1 Å². The van der Waals surface area contributed by atoms with Gasteiger partial charge >= 0.3 is 0 Å². The van der Waals surface area contributed by atoms with Gasteiger partial charge in [-0.15, -0.1) is 0 Å². The summed E-state index contributed by atoms with van der Waals surface area (Å²) in [6, 6.07) is 13.3. The van der Waals surface area contributed by atoms with Crippen LogP contribution in [-0.4, -0.2) is 67.5 Å². The number of rotatable bonds is 7. The van der Waals surface area contributed by atoms with Gasteiger partial charge in [0.25, 0.3) is 5.91 Å². The molecule has 0 aromatic heterocycles. The van der Waals surface area contributed by atoms with E-state index < -0.39 is 0 Å². The van der Waals surface area contributed by atoms with Gasteiger partial charge in [-0.1, -0.05) is 12.1 Å². The van der Waals surface area contributed by atoms with E-state index >= 15 is 0 Å². The maximum absolute atomic E-state index is 13.0. The minimum absolute atomic E-state index is 0.0591. The summed E-state index contributed by atoms with van der Waals surface area (Å²) in [7, 11) is 0. The van der Waals surface area contributed by atoms with Crippen molar-refractivity contribution in [3.63, 3.8) is 0 Å². The van der Waals surface area contributed by atoms with E-state index in [4.69, 9.17) is 4.74 Å². The number of amides is 2. The summed E-state index contributed by atoms with van der Waals surface area (Å²) in [5.74, 6) is 0.265. The molecule has 3 rings (SSSR count). The van der Waals surface area contributed by atoms with E-state index in [1.54, 1.807) is 4.90 Å². The van der Waals surface area contributed by atoms with Crippen LogP contribution in [0.25, 0.3) is 0 Å². The highest BCUT2D eigenvalue weighted by molar-refractivity contribution is 5.94. The van der Waals surface area contributed by atoms with Crippen LogP contribution >= 0.6 is 0 Å². The zero-order chi connectivity index (χ0) is 20.6. The Balaban J connectivity index is 1.34. The largest absolute Gasteiger partial charge is 0.492 e. The maximum atomic E-state index is 13.0. The Morgan fingerprint density at radius 1 is 1.07 bits per heavy atom. The van der Waals surface area contributed by atoms with Crippen LogP contribution in [-0.2, 0) is 4.79 Å². The predicted octanol–water partition coefficient (Wildman–Crippen LogP) is 2.09. The predicted molar refractivity (Wildman–Crippen MR) is 108 cm³/mol. The zero-order valence-corrected chi connectivity index (χ0v) is 16.6. The molecule has 7 heteroatoms. The highest BCUT2D eigenvalue weighted by Gasteiger charge is 2.23. The molecule has 154 valence electrons. The summed E-state index contributed by atoms with van der Waals surface area (Å²) in [5.41, 5.74) is 1.61. The molecule has 0 radical (unpaired) electrons. The number of nitrogens with one attached hydrogen (secondary N) is 1. The van der Waals surface area contributed by atoms with Gasteiger partial charge < -0.3 is 15.0 Å². The lowest BCUT2D eigenvalue weighted by Gasteiger charge is -2.34. The third-order valence-electron chi connectivity index (χ3n) is 4.80. The minimum atomic E-state index is -0.360. The Hall–Kier alpha value is -2.93. The van der Waals surface area contributed by atoms with E-state index in [0.717, 1.165) is 11.3 Å². The monoisotopic (exact) mass is 399 g/mol. The number of nitrogens with zero attached hydrogens (tertiary/aromatic N) is 2. The summed E-state index contributed by atoms with van der Waals surface area (Å²) in [4.78, 5) is 28.3. The van der Waals surface area contributed by atoms with Gasteiger partial charge in [-0.25, -0.2) is 4.39 Å². The molecular formula is C22H26FN3O3. The van der Waals surface area contributed by atoms with Crippen LogP contribution in [0.5, 0.6) is 5.75 Å². The molecular weight excluding hydrogens is 373 g/mol. The van der Waals surface area contributed by atoms with Crippen molar-refractivity contribution in [2.24, 2.45) is 0 Å². The second-order valence-electron chi connectivity index (χ2n) is 7.09. The van der Waals surface area contributed by atoms with Crippen molar-refractivity contribution in [1.29, 1.82) is 0 Å². The summed E-state index contributed by atoms with van der Waals surface area (Å²) in [5, 5.41) is 2.86. The molecule has 0 atom stereocenters. The molecule has 2 amide bonds. The summed E-state index contributed by atoms with van der Waals surface area (Å²) in [6.45, 7) is 5.48. The molecule has 1 fully saturated rings. The summed E-state index contributed by atoms with van der Waals surface area (Å²) in [6.07, 6.45) is 0. The van der Waals surface area contributed by atoms with Crippen LogP contribution in [0.4, 0.5) is 4.39 Å². The van der Waals surface area contributed by atoms with E-state index in [-0.39, 0.29) is 17.6 Å². The normalized spacial score (nSPS) is 14.5. The lowest BCUT2D eigenvalue weighted by molar-refractivity contribution is -0.122. The van der Waals surface area contributed by atoms with Crippen molar-refractivity contribution < 1.29 is 18.7 Å². The fraction of sp³-hybridized carbons (Fsp3) is 0.364. The molecule has 0 bridgehead atoms. The number of carbonyl (C=O) groups excluding carboxylic acids is 2. The SMILES string of the molecule is Cc1cccc(OCCNC(=O)CN2CCN(C(=O)c3ccc(F)cc3)CC2)c1. The first-order valence-corrected chi connectivity index (χ1v) is 9.74. The van der Waals surface area contributed by atoms with Crippen LogP contribution < -0.4 is 10.1 Å². The topological polar surface area (TPSA) is 61.9 Å². The van der Waals surface area contributed by atoms with Gasteiger partial charge in [0.2, 0.25) is 5.91 Å². The average molecular weight is 399 g/mol. The first-order valence-electron chi connectivity index (χ1n) is 9.74. The van der Waals surface area contributed by atoms with E-state index in [1.165, 1.54) is 24.3 Å². The van der Waals surface area contributed by atoms with E-state index in [2.05, 4.69) is 5.32 Å². The third kappa shape index (κ3) is 6.29. The first kappa shape index (κ1) is 20.8. The first-order chi connectivity index (χ1) is 14.0. The minimum Gasteiger partial charge on any atom is -0.492 e. The highest BCUT2D eigenvalue weighted by atomic mass is 19.1. The molecule has 0 spiro atoms. The van der Waals surface area contributed by atoms with Crippen molar-refractivity contribution in [2.75, 3.05) is 45.9 Å². The molecule has 2 aromatic carbocycles. The quantitative estimate of drug-likeness (QED) is 0.725. The van der Waals surface area contributed by atoms with Crippen LogP contribution in [0.3, 0.4) is 0 Å². The zero-order valence-electron chi connectivity index (χ0n) is 16.6. The third-order valence-corrected chi connectivity index (χ3v) is 4.80. The Bertz CT molecular complexity index is 833. The number of hydrogen-bond donors (Lipinski definition) is 1. The fourth-order valence-corrected chi connectivity index (χ4v) is 3.21. The number of halogens is 1. The van der Waals surface area contributed by atoms with Gasteiger partial charge in [-0.3, -0.25) is 14.5 Å². The molecule has 6 nitrogen and oxygen atoms in total. The van der Waals surface area contributed by atoms with Crippen LogP contribution in [0.15, 0.2) is 48.5 Å². The molecule has 1 heterocycles. The molecule has 29 heavy (non-hydrogen) atoms. The molecule has 0 aliphatic carbocycles. The van der Waals surface area contributed by atoms with Crippen LogP contribution in [0.2, 0.25) is 0 Å². The maximum Gasteiger partial charge on any atom is 0.253 e. The fourth-order valence-electron chi connectivity index (χ4n) is 3.21. The van der Waals surface area contributed by atoms with Crippen molar-refractivity contribution >= 4 is 11.8 Å². The van der Waals surface area contributed by atoms with Crippen LogP contribution in [0.1, 0.15) is 15.9 Å². The number of hydrogen-bond acceptors (Lipinski definition) is 4.